The summed E-state index contributed by atoms with van der Waals surface area (Å²) in [6.07, 6.45) is 1.16. The van der Waals surface area contributed by atoms with Gasteiger partial charge in [-0.05, 0) is 25.5 Å². The molecule has 1 unspecified atom stereocenters. The number of non-ortho nitro benzene ring substituents is 1. The highest BCUT2D eigenvalue weighted by Gasteiger charge is 2.17. The van der Waals surface area contributed by atoms with E-state index in [2.05, 4.69) is 20.0 Å². The van der Waals surface area contributed by atoms with Gasteiger partial charge in [-0.2, -0.15) is 4.98 Å². The quantitative estimate of drug-likeness (QED) is 0.673. The van der Waals surface area contributed by atoms with Gasteiger partial charge in [0.2, 0.25) is 6.39 Å². The molecule has 20 heavy (non-hydrogen) atoms. The molecule has 8 nitrogen and oxygen atoms in total. The largest absolute Gasteiger partial charge is 0.343 e. The third-order valence-corrected chi connectivity index (χ3v) is 2.65. The van der Waals surface area contributed by atoms with Crippen molar-refractivity contribution in [1.82, 2.24) is 15.5 Å². The third-order valence-electron chi connectivity index (χ3n) is 2.65. The van der Waals surface area contributed by atoms with Crippen molar-refractivity contribution in [3.8, 4) is 0 Å². The maximum atomic E-state index is 12.1. The summed E-state index contributed by atoms with van der Waals surface area (Å²) in [5.41, 5.74) is 0.728. The molecule has 1 heterocycles. The summed E-state index contributed by atoms with van der Waals surface area (Å²) in [7, 11) is 0. The van der Waals surface area contributed by atoms with E-state index < -0.39 is 16.9 Å². The summed E-state index contributed by atoms with van der Waals surface area (Å²) < 4.78 is 4.59. The van der Waals surface area contributed by atoms with Gasteiger partial charge in [-0.15, -0.1) is 0 Å². The highest BCUT2D eigenvalue weighted by Crippen LogP contribution is 2.17. The highest BCUT2D eigenvalue weighted by molar-refractivity contribution is 5.95. The minimum absolute atomic E-state index is 0.123. The average molecular weight is 276 g/mol. The topological polar surface area (TPSA) is 111 Å². The van der Waals surface area contributed by atoms with Gasteiger partial charge in [0.15, 0.2) is 5.82 Å². The van der Waals surface area contributed by atoms with Crippen molar-refractivity contribution in [2.45, 2.75) is 19.9 Å². The number of hydrogen-bond acceptors (Lipinski definition) is 6. The Morgan fingerprint density at radius 1 is 1.45 bits per heavy atom. The predicted octanol–water partition coefficient (Wildman–Crippen LogP) is 1.78. The summed E-state index contributed by atoms with van der Waals surface area (Å²) >= 11 is 0. The molecule has 0 aliphatic carbocycles. The molecule has 1 N–H and O–H groups in total. The van der Waals surface area contributed by atoms with E-state index in [0.717, 1.165) is 6.39 Å². The molecular formula is C12H12N4O4. The number of hydrogen-bond donors (Lipinski definition) is 1. The van der Waals surface area contributed by atoms with Crippen LogP contribution in [-0.4, -0.2) is 21.0 Å². The predicted molar refractivity (Wildman–Crippen MR) is 68.0 cm³/mol. The van der Waals surface area contributed by atoms with Crippen LogP contribution in [0.2, 0.25) is 0 Å². The summed E-state index contributed by atoms with van der Waals surface area (Å²) in [5, 5.41) is 17.0. The molecule has 1 aromatic heterocycles. The monoisotopic (exact) mass is 276 g/mol. The normalized spacial score (nSPS) is 11.9. The van der Waals surface area contributed by atoms with Gasteiger partial charge in [-0.25, -0.2) is 0 Å². The number of carbonyl (C=O) groups excluding carboxylic acids is 1. The first kappa shape index (κ1) is 13.7. The molecule has 8 heteroatoms. The number of rotatable bonds is 4. The van der Waals surface area contributed by atoms with Crippen molar-refractivity contribution < 1.29 is 14.2 Å². The second-order valence-corrected chi connectivity index (χ2v) is 4.30. The molecule has 1 amide bonds. The third kappa shape index (κ3) is 2.97. The van der Waals surface area contributed by atoms with E-state index in [-0.39, 0.29) is 11.3 Å². The molecular weight excluding hydrogens is 264 g/mol. The number of nitro groups is 1. The summed E-state index contributed by atoms with van der Waals surface area (Å²) in [6.45, 7) is 3.37. The second-order valence-electron chi connectivity index (χ2n) is 4.30. The fourth-order valence-corrected chi connectivity index (χ4v) is 1.71. The van der Waals surface area contributed by atoms with E-state index in [4.69, 9.17) is 0 Å². The van der Waals surface area contributed by atoms with Gasteiger partial charge in [0.05, 0.1) is 11.0 Å². The van der Waals surface area contributed by atoms with E-state index in [9.17, 15) is 14.9 Å². The van der Waals surface area contributed by atoms with Crippen LogP contribution in [0.1, 0.15) is 34.7 Å². The Balaban J connectivity index is 2.19. The van der Waals surface area contributed by atoms with Crippen LogP contribution < -0.4 is 5.32 Å². The molecule has 2 aromatic rings. The lowest BCUT2D eigenvalue weighted by Gasteiger charge is -2.10. The maximum absolute atomic E-state index is 12.1. The molecule has 1 aromatic carbocycles. The number of benzene rings is 1. The maximum Gasteiger partial charge on any atom is 0.270 e. The number of aryl methyl sites for hydroxylation is 1. The Morgan fingerprint density at radius 2 is 2.20 bits per heavy atom. The zero-order chi connectivity index (χ0) is 14.7. The number of aromatic nitrogens is 2. The van der Waals surface area contributed by atoms with Crippen molar-refractivity contribution in [1.29, 1.82) is 0 Å². The van der Waals surface area contributed by atoms with Crippen molar-refractivity contribution in [2.24, 2.45) is 0 Å². The molecule has 0 saturated heterocycles. The molecule has 2 rings (SSSR count). The van der Waals surface area contributed by atoms with Crippen LogP contribution in [0.25, 0.3) is 0 Å². The minimum atomic E-state index is -0.535. The molecule has 104 valence electrons. The van der Waals surface area contributed by atoms with Crippen LogP contribution in [0.4, 0.5) is 5.69 Å². The number of nitrogens with one attached hydrogen (secondary N) is 1. The Hall–Kier alpha value is -2.77. The Labute approximate surface area is 113 Å². The summed E-state index contributed by atoms with van der Waals surface area (Å²) in [6, 6.07) is 3.75. The van der Waals surface area contributed by atoms with E-state index in [1.165, 1.54) is 12.1 Å². The Bertz CT molecular complexity index is 639. The van der Waals surface area contributed by atoms with E-state index >= 15 is 0 Å². The van der Waals surface area contributed by atoms with Gasteiger partial charge < -0.3 is 9.84 Å². The SMILES string of the molecule is Cc1cc(C(=O)NC(C)c2ncon2)cc([N+](=O)[O-])c1. The zero-order valence-corrected chi connectivity index (χ0v) is 10.9. The lowest BCUT2D eigenvalue weighted by molar-refractivity contribution is -0.384. The molecule has 0 bridgehead atoms. The fraction of sp³-hybridized carbons (Fsp3) is 0.250. The van der Waals surface area contributed by atoms with Gasteiger partial charge in [-0.1, -0.05) is 5.16 Å². The molecule has 0 aliphatic rings. The van der Waals surface area contributed by atoms with Crippen LogP contribution in [0, 0.1) is 17.0 Å². The number of carbonyl (C=O) groups is 1. The second kappa shape index (κ2) is 5.47. The first-order chi connectivity index (χ1) is 9.47. The lowest BCUT2D eigenvalue weighted by atomic mass is 10.1. The Morgan fingerprint density at radius 3 is 2.80 bits per heavy atom. The van der Waals surface area contributed by atoms with Gasteiger partial charge in [0.1, 0.15) is 0 Å². The van der Waals surface area contributed by atoms with Crippen LogP contribution in [-0.2, 0) is 0 Å². The summed E-state index contributed by atoms with van der Waals surface area (Å²) in [5.74, 6) is -0.102. The van der Waals surface area contributed by atoms with E-state index in [1.54, 1.807) is 19.9 Å². The van der Waals surface area contributed by atoms with Crippen LogP contribution in [0.5, 0.6) is 0 Å². The molecule has 0 saturated carbocycles. The Kier molecular flexibility index (Phi) is 3.74. The molecule has 0 aliphatic heterocycles. The van der Waals surface area contributed by atoms with E-state index in [0.29, 0.717) is 11.4 Å². The van der Waals surface area contributed by atoms with Gasteiger partial charge in [0, 0.05) is 17.7 Å². The number of amides is 1. The first-order valence-electron chi connectivity index (χ1n) is 5.80. The summed E-state index contributed by atoms with van der Waals surface area (Å²) in [4.78, 5) is 26.1. The van der Waals surface area contributed by atoms with E-state index in [1.807, 2.05) is 0 Å². The van der Waals surface area contributed by atoms with Crippen molar-refractivity contribution in [3.05, 3.63) is 51.7 Å². The van der Waals surface area contributed by atoms with Crippen molar-refractivity contribution >= 4 is 11.6 Å². The highest BCUT2D eigenvalue weighted by atomic mass is 16.6. The van der Waals surface area contributed by atoms with Crippen molar-refractivity contribution in [2.75, 3.05) is 0 Å². The smallest absolute Gasteiger partial charge is 0.270 e. The van der Waals surface area contributed by atoms with Crippen LogP contribution in [0.15, 0.2) is 29.1 Å². The number of nitrogens with zero attached hydrogens (tertiary/aromatic N) is 3. The standard InChI is InChI=1S/C12H12N4O4/c1-7-3-9(5-10(4-7)16(18)19)12(17)14-8(2)11-13-6-20-15-11/h3-6,8H,1-2H3,(H,14,17). The van der Waals surface area contributed by atoms with Gasteiger partial charge in [-0.3, -0.25) is 14.9 Å². The van der Waals surface area contributed by atoms with Gasteiger partial charge in [0.25, 0.3) is 11.6 Å². The van der Waals surface area contributed by atoms with Crippen molar-refractivity contribution in [3.63, 3.8) is 0 Å². The van der Waals surface area contributed by atoms with Gasteiger partial charge >= 0.3 is 0 Å². The van der Waals surface area contributed by atoms with Crippen LogP contribution >= 0.6 is 0 Å². The minimum Gasteiger partial charge on any atom is -0.343 e. The molecule has 1 atom stereocenters. The average Bonchev–Trinajstić information content (AvgIpc) is 2.91. The zero-order valence-electron chi connectivity index (χ0n) is 10.9. The lowest BCUT2D eigenvalue weighted by Crippen LogP contribution is -2.27. The molecule has 0 radical (unpaired) electrons. The number of nitro benzene ring substituents is 1. The molecule has 0 fully saturated rings. The molecule has 0 spiro atoms. The first-order valence-corrected chi connectivity index (χ1v) is 5.80. The van der Waals surface area contributed by atoms with Crippen LogP contribution in [0.3, 0.4) is 0 Å². The fourth-order valence-electron chi connectivity index (χ4n) is 1.71.